The highest BCUT2D eigenvalue weighted by molar-refractivity contribution is 8.13. The minimum absolute atomic E-state index is 0.195. The molecule has 2 aliphatic rings. The van der Waals surface area contributed by atoms with E-state index >= 15 is 0 Å². The average Bonchev–Trinajstić information content (AvgIpc) is 2.98. The van der Waals surface area contributed by atoms with Crippen molar-refractivity contribution < 1.29 is 14.3 Å². The molecule has 0 saturated carbocycles. The molecular weight excluding hydrogens is 556 g/mol. The number of carbonyl (C=O) groups is 1. The van der Waals surface area contributed by atoms with Crippen molar-refractivity contribution in [3.63, 3.8) is 0 Å². The van der Waals surface area contributed by atoms with Crippen molar-refractivity contribution in [2.24, 2.45) is 10.1 Å². The number of nitrogens with one attached hydrogen (secondary N) is 1. The Labute approximate surface area is 250 Å². The van der Waals surface area contributed by atoms with E-state index in [1.54, 1.807) is 16.8 Å². The minimum Gasteiger partial charge on any atom is -0.490 e. The number of hydrogen-bond donors (Lipinski definition) is 1. The molecule has 9 heteroatoms. The van der Waals surface area contributed by atoms with Crippen LogP contribution in [0.5, 0.6) is 11.5 Å². The highest BCUT2D eigenvalue weighted by Gasteiger charge is 2.35. The second-order valence-corrected chi connectivity index (χ2v) is 11.4. The Morgan fingerprint density at radius 3 is 2.56 bits per heavy atom. The Morgan fingerprint density at radius 1 is 0.976 bits per heavy atom. The summed E-state index contributed by atoms with van der Waals surface area (Å²) in [6.45, 7) is 4.92. The lowest BCUT2D eigenvalue weighted by atomic mass is 10.1. The van der Waals surface area contributed by atoms with Crippen molar-refractivity contribution in [3.8, 4) is 11.5 Å². The van der Waals surface area contributed by atoms with E-state index in [4.69, 9.17) is 31.2 Å². The molecule has 1 amide bonds. The van der Waals surface area contributed by atoms with Gasteiger partial charge in [-0.2, -0.15) is 0 Å². The number of thioether (sulfide) groups is 1. The summed E-state index contributed by atoms with van der Waals surface area (Å²) in [6, 6.07) is 21.2. The molecule has 0 spiro atoms. The van der Waals surface area contributed by atoms with E-state index < -0.39 is 6.17 Å². The first-order chi connectivity index (χ1) is 20.1. The van der Waals surface area contributed by atoms with E-state index in [2.05, 4.69) is 12.2 Å². The molecule has 2 aliphatic heterocycles. The summed E-state index contributed by atoms with van der Waals surface area (Å²) < 4.78 is 12.1. The molecular formula is C32H35ClN4O3S. The summed E-state index contributed by atoms with van der Waals surface area (Å²) in [7, 11) is 0. The number of ether oxygens (including phenoxy) is 2. The molecule has 0 unspecified atom stereocenters. The number of halogens is 1. The normalized spacial score (nSPS) is 15.8. The third-order valence-electron chi connectivity index (χ3n) is 6.86. The molecule has 3 aromatic rings. The largest absolute Gasteiger partial charge is 0.490 e. The van der Waals surface area contributed by atoms with Crippen molar-refractivity contribution in [2.75, 3.05) is 12.4 Å². The lowest BCUT2D eigenvalue weighted by Crippen LogP contribution is -2.50. The summed E-state index contributed by atoms with van der Waals surface area (Å²) in [5, 5.41) is 12.0. The predicted molar refractivity (Wildman–Crippen MR) is 165 cm³/mol. The van der Waals surface area contributed by atoms with Crippen molar-refractivity contribution in [3.05, 3.63) is 93.5 Å². The van der Waals surface area contributed by atoms with Gasteiger partial charge in [-0.05, 0) is 37.1 Å². The third kappa shape index (κ3) is 6.88. The van der Waals surface area contributed by atoms with Gasteiger partial charge in [0.15, 0.2) is 22.8 Å². The number of benzene rings is 3. The molecule has 1 N–H and O–H groups in total. The molecule has 1 atom stereocenters. The number of hydrazone groups is 1. The van der Waals surface area contributed by atoms with Gasteiger partial charge < -0.3 is 9.47 Å². The van der Waals surface area contributed by atoms with Gasteiger partial charge in [0.25, 0.3) is 5.91 Å². The molecule has 0 radical (unpaired) electrons. The first-order valence-corrected chi connectivity index (χ1v) is 15.6. The van der Waals surface area contributed by atoms with Gasteiger partial charge in [0.05, 0.1) is 17.0 Å². The van der Waals surface area contributed by atoms with E-state index in [0.29, 0.717) is 40.6 Å². The Bertz CT molecular complexity index is 1530. The summed E-state index contributed by atoms with van der Waals surface area (Å²) in [5.74, 6) is 1.69. The fourth-order valence-corrected chi connectivity index (χ4v) is 5.98. The Morgan fingerprint density at radius 2 is 1.76 bits per heavy atom. The molecule has 214 valence electrons. The summed E-state index contributed by atoms with van der Waals surface area (Å²) >= 11 is 8.38. The first kappa shape index (κ1) is 29.0. The Balaban J connectivity index is 1.48. The molecule has 0 fully saturated rings. The van der Waals surface area contributed by atoms with Crippen LogP contribution in [0.3, 0.4) is 0 Å². The van der Waals surface area contributed by atoms with Gasteiger partial charge in [-0.1, -0.05) is 105 Å². The van der Waals surface area contributed by atoms with Crippen LogP contribution in [0.4, 0.5) is 0 Å². The number of amidine groups is 1. The van der Waals surface area contributed by atoms with Crippen LogP contribution in [0, 0.1) is 0 Å². The monoisotopic (exact) mass is 590 g/mol. The van der Waals surface area contributed by atoms with E-state index in [1.165, 1.54) is 25.7 Å². The SMILES string of the molecule is CCCCCCCSC1=NN2C(=c3ccccc3=N[C@H]2c2cc(Cl)c(OCc3ccccc3)c(OCC)c2)C(=O)N1. The fraction of sp³-hybridized carbons (Fsp3) is 0.344. The fourth-order valence-electron chi connectivity index (χ4n) is 4.85. The van der Waals surface area contributed by atoms with Gasteiger partial charge in [0, 0.05) is 16.5 Å². The number of para-hydroxylation sites is 1. The zero-order valence-electron chi connectivity index (χ0n) is 23.4. The molecule has 0 aliphatic carbocycles. The van der Waals surface area contributed by atoms with E-state index in [9.17, 15) is 4.79 Å². The molecule has 7 nitrogen and oxygen atoms in total. The highest BCUT2D eigenvalue weighted by Crippen LogP contribution is 2.41. The number of unbranched alkanes of at least 4 members (excludes halogenated alkanes) is 4. The smallest absolute Gasteiger partial charge is 0.276 e. The van der Waals surface area contributed by atoms with Crippen LogP contribution in [0.2, 0.25) is 5.02 Å². The average molecular weight is 591 g/mol. The van der Waals surface area contributed by atoms with E-state index in [0.717, 1.165) is 33.9 Å². The van der Waals surface area contributed by atoms with Gasteiger partial charge in [0.1, 0.15) is 12.3 Å². The van der Waals surface area contributed by atoms with Crippen LogP contribution < -0.4 is 25.4 Å². The second-order valence-electron chi connectivity index (χ2n) is 9.87. The lowest BCUT2D eigenvalue weighted by molar-refractivity contribution is -0.116. The maximum atomic E-state index is 13.5. The van der Waals surface area contributed by atoms with Gasteiger partial charge in [-0.25, -0.2) is 5.01 Å². The van der Waals surface area contributed by atoms with Gasteiger partial charge in [0.2, 0.25) is 0 Å². The quantitative estimate of drug-likeness (QED) is 0.256. The number of hydrogen-bond acceptors (Lipinski definition) is 7. The molecule has 41 heavy (non-hydrogen) atoms. The Hall–Kier alpha value is -3.49. The van der Waals surface area contributed by atoms with Crippen molar-refractivity contribution in [2.45, 2.75) is 58.7 Å². The van der Waals surface area contributed by atoms with Crippen LogP contribution in [-0.2, 0) is 11.4 Å². The molecule has 0 saturated heterocycles. The number of rotatable bonds is 12. The molecule has 0 aromatic heterocycles. The highest BCUT2D eigenvalue weighted by atomic mass is 35.5. The van der Waals surface area contributed by atoms with Crippen LogP contribution >= 0.6 is 23.4 Å². The van der Waals surface area contributed by atoms with Crippen molar-refractivity contribution in [1.29, 1.82) is 0 Å². The zero-order chi connectivity index (χ0) is 28.6. The van der Waals surface area contributed by atoms with Gasteiger partial charge >= 0.3 is 0 Å². The minimum atomic E-state index is -0.606. The number of nitrogens with zero attached hydrogens (tertiary/aromatic N) is 3. The Kier molecular flexibility index (Phi) is 9.85. The molecule has 3 aromatic carbocycles. The maximum absolute atomic E-state index is 13.5. The second kappa shape index (κ2) is 13.9. The summed E-state index contributed by atoms with van der Waals surface area (Å²) in [5.41, 5.74) is 2.24. The van der Waals surface area contributed by atoms with Crippen LogP contribution in [0.15, 0.2) is 76.8 Å². The van der Waals surface area contributed by atoms with Crippen LogP contribution in [-0.4, -0.2) is 28.4 Å². The zero-order valence-corrected chi connectivity index (χ0v) is 25.0. The number of carbonyl (C=O) groups excluding carboxylic acids is 1. The summed E-state index contributed by atoms with van der Waals surface area (Å²) in [6.07, 6.45) is 5.33. The molecule has 2 heterocycles. The third-order valence-corrected chi connectivity index (χ3v) is 8.09. The topological polar surface area (TPSA) is 75.5 Å². The first-order valence-electron chi connectivity index (χ1n) is 14.2. The van der Waals surface area contributed by atoms with Crippen molar-refractivity contribution >= 4 is 40.1 Å². The lowest BCUT2D eigenvalue weighted by Gasteiger charge is -2.34. The number of fused-ring (bicyclic) bond motifs is 2. The van der Waals surface area contributed by atoms with E-state index in [1.807, 2.05) is 73.7 Å². The molecule has 0 bridgehead atoms. The maximum Gasteiger partial charge on any atom is 0.276 e. The predicted octanol–water partition coefficient (Wildman–Crippen LogP) is 6.16. The summed E-state index contributed by atoms with van der Waals surface area (Å²) in [4.78, 5) is 18.5. The molecule has 5 rings (SSSR count). The van der Waals surface area contributed by atoms with Gasteiger partial charge in [-0.3, -0.25) is 15.1 Å². The van der Waals surface area contributed by atoms with E-state index in [-0.39, 0.29) is 5.91 Å². The number of amides is 1. The van der Waals surface area contributed by atoms with Crippen LogP contribution in [0.25, 0.3) is 5.70 Å². The van der Waals surface area contributed by atoms with Crippen LogP contribution in [0.1, 0.15) is 63.2 Å². The van der Waals surface area contributed by atoms with Crippen molar-refractivity contribution in [1.82, 2.24) is 10.3 Å². The standard InChI is InChI=1S/C32H35ClN4O3S/c1-3-5-6-7-13-18-41-32-35-31(38)28-24-16-11-12-17-26(24)34-30(37(28)36-32)23-19-25(33)29(27(20-23)39-4-2)40-21-22-14-9-8-10-15-22/h8-12,14-17,19-20,30H,3-7,13,18,21H2,1-2H3,(H,35,36,38)/t30-/m1/s1. The van der Waals surface area contributed by atoms with Gasteiger partial charge in [-0.15, -0.1) is 5.10 Å².